The molecule has 0 radical (unpaired) electrons. The van der Waals surface area contributed by atoms with Crippen LogP contribution in [0, 0.1) is 18.8 Å². The molecular weight excluding hydrogens is 320 g/mol. The molecule has 0 saturated heterocycles. The molecule has 1 aromatic carbocycles. The Morgan fingerprint density at radius 1 is 1.26 bits per heavy atom. The molecule has 1 fully saturated rings. The number of nitrogens with one attached hydrogen (secondary N) is 2. The Bertz CT molecular complexity index is 729. The third-order valence-corrected chi connectivity index (χ3v) is 5.36. The lowest BCUT2D eigenvalue weighted by atomic mass is 9.73. The molecule has 1 aliphatic carbocycles. The predicted molar refractivity (Wildman–Crippen MR) is 86.7 cm³/mol. The fraction of sp³-hybridized carbons (Fsp3) is 0.467. The minimum atomic E-state index is -3.36. The molecule has 0 heterocycles. The van der Waals surface area contributed by atoms with Crippen LogP contribution in [0.15, 0.2) is 18.2 Å². The standard InChI is InChI=1S/C15H20N2O5S/c1-3-23(21,22)17-13-7-4-10(8-9(13)2)16-14(18)11-5-6-12(11)15(19)20/h4,7-8,11-12,17H,3,5-6H2,1-2H3,(H,16,18)(H,19,20). The van der Waals surface area contributed by atoms with Crippen LogP contribution < -0.4 is 10.0 Å². The van der Waals surface area contributed by atoms with Crippen LogP contribution in [0.4, 0.5) is 11.4 Å². The number of carboxylic acid groups (broad SMARTS) is 1. The van der Waals surface area contributed by atoms with Crippen molar-refractivity contribution in [1.29, 1.82) is 0 Å². The van der Waals surface area contributed by atoms with Crippen molar-refractivity contribution in [2.45, 2.75) is 26.7 Å². The molecule has 0 aromatic heterocycles. The first kappa shape index (κ1) is 17.3. The maximum Gasteiger partial charge on any atom is 0.307 e. The van der Waals surface area contributed by atoms with Crippen molar-refractivity contribution in [2.75, 3.05) is 15.8 Å². The summed E-state index contributed by atoms with van der Waals surface area (Å²) in [5.41, 5.74) is 1.64. The highest BCUT2D eigenvalue weighted by molar-refractivity contribution is 7.92. The van der Waals surface area contributed by atoms with Gasteiger partial charge in [-0.05, 0) is 50.5 Å². The molecule has 2 atom stereocenters. The molecule has 1 aliphatic rings. The van der Waals surface area contributed by atoms with Crippen LogP contribution in [0.3, 0.4) is 0 Å². The van der Waals surface area contributed by atoms with Crippen LogP contribution in [0.1, 0.15) is 25.3 Å². The fourth-order valence-corrected chi connectivity index (χ4v) is 3.15. The van der Waals surface area contributed by atoms with Gasteiger partial charge in [0.1, 0.15) is 0 Å². The molecule has 126 valence electrons. The molecule has 3 N–H and O–H groups in total. The summed E-state index contributed by atoms with van der Waals surface area (Å²) >= 11 is 0. The molecule has 1 saturated carbocycles. The van der Waals surface area contributed by atoms with Gasteiger partial charge < -0.3 is 10.4 Å². The van der Waals surface area contributed by atoms with Crippen molar-refractivity contribution >= 4 is 33.3 Å². The molecule has 0 aliphatic heterocycles. The summed E-state index contributed by atoms with van der Waals surface area (Å²) in [6.45, 7) is 3.27. The lowest BCUT2D eigenvalue weighted by molar-refractivity contribution is -0.151. The van der Waals surface area contributed by atoms with Crippen LogP contribution in [0.2, 0.25) is 0 Å². The van der Waals surface area contributed by atoms with Gasteiger partial charge in [0.05, 0.1) is 23.3 Å². The summed E-state index contributed by atoms with van der Waals surface area (Å²) in [4.78, 5) is 23.1. The first-order valence-electron chi connectivity index (χ1n) is 7.38. The number of carboxylic acids is 1. The number of amides is 1. The zero-order valence-electron chi connectivity index (χ0n) is 13.0. The van der Waals surface area contributed by atoms with Crippen molar-refractivity contribution in [3.63, 3.8) is 0 Å². The monoisotopic (exact) mass is 340 g/mol. The maximum absolute atomic E-state index is 12.1. The van der Waals surface area contributed by atoms with E-state index in [9.17, 15) is 18.0 Å². The quantitative estimate of drug-likeness (QED) is 0.731. The molecule has 1 aromatic rings. The Morgan fingerprint density at radius 2 is 1.91 bits per heavy atom. The molecule has 0 bridgehead atoms. The fourth-order valence-electron chi connectivity index (χ4n) is 2.44. The Morgan fingerprint density at radius 3 is 2.39 bits per heavy atom. The van der Waals surface area contributed by atoms with Gasteiger partial charge in [-0.2, -0.15) is 0 Å². The molecule has 0 spiro atoms. The lowest BCUT2D eigenvalue weighted by Crippen LogP contribution is -2.41. The van der Waals surface area contributed by atoms with Gasteiger partial charge in [0, 0.05) is 5.69 Å². The summed E-state index contributed by atoms with van der Waals surface area (Å²) < 4.78 is 25.6. The normalized spacial score (nSPS) is 20.4. The second-order valence-electron chi connectivity index (χ2n) is 5.65. The van der Waals surface area contributed by atoms with E-state index in [1.54, 1.807) is 32.0 Å². The van der Waals surface area contributed by atoms with E-state index in [0.717, 1.165) is 0 Å². The second kappa shape index (κ2) is 6.57. The highest BCUT2D eigenvalue weighted by atomic mass is 32.2. The number of benzene rings is 1. The number of aryl methyl sites for hydroxylation is 1. The number of hydrogen-bond donors (Lipinski definition) is 3. The number of anilines is 2. The van der Waals surface area contributed by atoms with Crippen LogP contribution in [-0.2, 0) is 19.6 Å². The number of aliphatic carboxylic acids is 1. The van der Waals surface area contributed by atoms with Crippen LogP contribution in [-0.4, -0.2) is 31.2 Å². The van der Waals surface area contributed by atoms with Gasteiger partial charge in [-0.15, -0.1) is 0 Å². The Hall–Kier alpha value is -2.09. The third kappa shape index (κ3) is 4.01. The molecule has 23 heavy (non-hydrogen) atoms. The van der Waals surface area contributed by atoms with Crippen molar-refractivity contribution in [3.05, 3.63) is 23.8 Å². The molecule has 1 amide bonds. The van der Waals surface area contributed by atoms with Gasteiger partial charge in [-0.25, -0.2) is 8.42 Å². The summed E-state index contributed by atoms with van der Waals surface area (Å²) in [7, 11) is -3.36. The summed E-state index contributed by atoms with van der Waals surface area (Å²) in [6.07, 6.45) is 1.08. The number of hydrogen-bond acceptors (Lipinski definition) is 4. The van der Waals surface area contributed by atoms with Gasteiger partial charge in [0.2, 0.25) is 15.9 Å². The smallest absolute Gasteiger partial charge is 0.307 e. The predicted octanol–water partition coefficient (Wildman–Crippen LogP) is 1.81. The van der Waals surface area contributed by atoms with Crippen LogP contribution in [0.25, 0.3) is 0 Å². The Balaban J connectivity index is 2.06. The van der Waals surface area contributed by atoms with E-state index >= 15 is 0 Å². The molecule has 8 heteroatoms. The minimum Gasteiger partial charge on any atom is -0.481 e. The van der Waals surface area contributed by atoms with E-state index in [-0.39, 0.29) is 11.7 Å². The van der Waals surface area contributed by atoms with Crippen molar-refractivity contribution in [2.24, 2.45) is 11.8 Å². The van der Waals surface area contributed by atoms with E-state index < -0.39 is 27.8 Å². The van der Waals surface area contributed by atoms with Gasteiger partial charge in [-0.1, -0.05) is 0 Å². The Kier molecular flexibility index (Phi) is 4.93. The van der Waals surface area contributed by atoms with E-state index in [1.807, 2.05) is 0 Å². The second-order valence-corrected chi connectivity index (χ2v) is 7.66. The topological polar surface area (TPSA) is 113 Å². The van der Waals surface area contributed by atoms with Gasteiger partial charge in [0.25, 0.3) is 0 Å². The van der Waals surface area contributed by atoms with Gasteiger partial charge >= 0.3 is 5.97 Å². The van der Waals surface area contributed by atoms with Gasteiger partial charge in [0.15, 0.2) is 0 Å². The number of carbonyl (C=O) groups excluding carboxylic acids is 1. The molecule has 2 unspecified atom stereocenters. The molecule has 7 nitrogen and oxygen atoms in total. The SMILES string of the molecule is CCS(=O)(=O)Nc1ccc(NC(=O)C2CCC2C(=O)O)cc1C. The largest absolute Gasteiger partial charge is 0.481 e. The van der Waals surface area contributed by atoms with E-state index in [1.165, 1.54) is 0 Å². The minimum absolute atomic E-state index is 0.0246. The van der Waals surface area contributed by atoms with Crippen molar-refractivity contribution in [1.82, 2.24) is 0 Å². The van der Waals surface area contributed by atoms with E-state index in [4.69, 9.17) is 5.11 Å². The summed E-state index contributed by atoms with van der Waals surface area (Å²) in [6, 6.07) is 4.82. The highest BCUT2D eigenvalue weighted by Crippen LogP contribution is 2.35. The van der Waals surface area contributed by atoms with Crippen molar-refractivity contribution < 1.29 is 23.1 Å². The van der Waals surface area contributed by atoms with Crippen LogP contribution in [0.5, 0.6) is 0 Å². The molecule has 2 rings (SSSR count). The number of sulfonamides is 1. The van der Waals surface area contributed by atoms with E-state index in [0.29, 0.717) is 29.8 Å². The highest BCUT2D eigenvalue weighted by Gasteiger charge is 2.41. The number of carbonyl (C=O) groups is 2. The van der Waals surface area contributed by atoms with Gasteiger partial charge in [-0.3, -0.25) is 14.3 Å². The lowest BCUT2D eigenvalue weighted by Gasteiger charge is -2.31. The maximum atomic E-state index is 12.1. The van der Waals surface area contributed by atoms with E-state index in [2.05, 4.69) is 10.0 Å². The Labute approximate surface area is 135 Å². The first-order chi connectivity index (χ1) is 10.7. The van der Waals surface area contributed by atoms with Crippen molar-refractivity contribution in [3.8, 4) is 0 Å². The average molecular weight is 340 g/mol. The summed E-state index contributed by atoms with van der Waals surface area (Å²) in [5.74, 6) is -2.41. The molecular formula is C15H20N2O5S. The average Bonchev–Trinajstić information content (AvgIpc) is 2.39. The zero-order valence-corrected chi connectivity index (χ0v) is 13.8. The number of rotatable bonds is 6. The summed E-state index contributed by atoms with van der Waals surface area (Å²) in [5, 5.41) is 11.7. The van der Waals surface area contributed by atoms with Crippen LogP contribution >= 0.6 is 0 Å². The third-order valence-electron chi connectivity index (χ3n) is 4.07. The first-order valence-corrected chi connectivity index (χ1v) is 9.03. The zero-order chi connectivity index (χ0) is 17.2.